The fraction of sp³-hybridized carbons (Fsp3) is 0.625. The summed E-state index contributed by atoms with van der Waals surface area (Å²) in [6, 6.07) is 9.30. The first kappa shape index (κ1) is 13.4. The molecule has 0 bridgehead atoms. The lowest BCUT2D eigenvalue weighted by Gasteiger charge is -2.33. The van der Waals surface area contributed by atoms with Gasteiger partial charge in [0.25, 0.3) is 0 Å². The summed E-state index contributed by atoms with van der Waals surface area (Å²) in [5.41, 5.74) is 2.52. The van der Waals surface area contributed by atoms with E-state index in [-0.39, 0.29) is 6.10 Å². The van der Waals surface area contributed by atoms with Gasteiger partial charge in [0.05, 0.1) is 6.10 Å². The van der Waals surface area contributed by atoms with E-state index >= 15 is 0 Å². The van der Waals surface area contributed by atoms with Crippen LogP contribution in [0.25, 0.3) is 0 Å². The molecule has 0 heterocycles. The summed E-state index contributed by atoms with van der Waals surface area (Å²) in [6.07, 6.45) is 7.23. The van der Waals surface area contributed by atoms with Gasteiger partial charge in [-0.15, -0.1) is 0 Å². The third-order valence-electron chi connectivity index (χ3n) is 3.97. The molecule has 1 atom stereocenters. The molecule has 1 saturated carbocycles. The summed E-state index contributed by atoms with van der Waals surface area (Å²) in [5, 5.41) is 9.47. The molecule has 2 nitrogen and oxygen atoms in total. The lowest BCUT2D eigenvalue weighted by Crippen LogP contribution is -2.33. The minimum atomic E-state index is -0.264. The fourth-order valence-corrected chi connectivity index (χ4v) is 2.92. The van der Waals surface area contributed by atoms with Gasteiger partial charge in [0.15, 0.2) is 0 Å². The normalized spacial score (nSPS) is 18.6. The van der Waals surface area contributed by atoms with Crippen molar-refractivity contribution in [2.24, 2.45) is 0 Å². The molecule has 0 spiro atoms. The zero-order chi connectivity index (χ0) is 13.0. The van der Waals surface area contributed by atoms with Crippen molar-refractivity contribution in [2.45, 2.75) is 57.6 Å². The van der Waals surface area contributed by atoms with Crippen molar-refractivity contribution >= 4 is 5.69 Å². The van der Waals surface area contributed by atoms with Crippen molar-refractivity contribution < 1.29 is 5.11 Å². The van der Waals surface area contributed by atoms with Crippen molar-refractivity contribution in [1.29, 1.82) is 0 Å². The Kier molecular flexibility index (Phi) is 4.65. The van der Waals surface area contributed by atoms with Gasteiger partial charge in [0, 0.05) is 18.8 Å². The molecule has 2 rings (SSSR count). The Morgan fingerprint density at radius 3 is 2.67 bits per heavy atom. The Bertz CT molecular complexity index is 369. The summed E-state index contributed by atoms with van der Waals surface area (Å²) in [4.78, 5) is 2.42. The van der Waals surface area contributed by atoms with Gasteiger partial charge in [0.2, 0.25) is 0 Å². The number of rotatable bonds is 4. The van der Waals surface area contributed by atoms with Crippen molar-refractivity contribution in [3.63, 3.8) is 0 Å². The van der Waals surface area contributed by atoms with E-state index < -0.39 is 0 Å². The molecule has 18 heavy (non-hydrogen) atoms. The van der Waals surface area contributed by atoms with Crippen LogP contribution in [0.3, 0.4) is 0 Å². The van der Waals surface area contributed by atoms with Crippen LogP contribution in [0.2, 0.25) is 0 Å². The zero-order valence-electron chi connectivity index (χ0n) is 11.6. The Labute approximate surface area is 111 Å². The molecule has 1 fully saturated rings. The Balaban J connectivity index is 2.06. The molecule has 0 aliphatic heterocycles. The quantitative estimate of drug-likeness (QED) is 0.881. The molecule has 1 aliphatic carbocycles. The molecule has 100 valence electrons. The highest BCUT2D eigenvalue weighted by molar-refractivity contribution is 5.49. The monoisotopic (exact) mass is 247 g/mol. The molecule has 2 heteroatoms. The van der Waals surface area contributed by atoms with Gasteiger partial charge in [0.1, 0.15) is 0 Å². The highest BCUT2D eigenvalue weighted by atomic mass is 16.3. The van der Waals surface area contributed by atoms with Crippen LogP contribution in [-0.2, 0) is 6.42 Å². The van der Waals surface area contributed by atoms with Crippen LogP contribution in [0.4, 0.5) is 5.69 Å². The van der Waals surface area contributed by atoms with E-state index in [0.29, 0.717) is 6.04 Å². The highest BCUT2D eigenvalue weighted by Crippen LogP contribution is 2.26. The van der Waals surface area contributed by atoms with Gasteiger partial charge in [-0.05, 0) is 43.9 Å². The predicted molar refractivity (Wildman–Crippen MR) is 77.1 cm³/mol. The minimum Gasteiger partial charge on any atom is -0.393 e. The number of nitrogens with zero attached hydrogens (tertiary/aromatic N) is 1. The second-order valence-electron chi connectivity index (χ2n) is 5.63. The van der Waals surface area contributed by atoms with Crippen molar-refractivity contribution in [3.8, 4) is 0 Å². The lowest BCUT2D eigenvalue weighted by molar-refractivity contribution is 0.195. The average Bonchev–Trinajstić information content (AvgIpc) is 2.38. The van der Waals surface area contributed by atoms with E-state index in [0.717, 1.165) is 6.42 Å². The molecule has 0 amide bonds. The van der Waals surface area contributed by atoms with Crippen LogP contribution in [-0.4, -0.2) is 24.3 Å². The molecular weight excluding hydrogens is 222 g/mol. The summed E-state index contributed by atoms with van der Waals surface area (Å²) < 4.78 is 0. The van der Waals surface area contributed by atoms with Gasteiger partial charge >= 0.3 is 0 Å². The third kappa shape index (κ3) is 3.49. The topological polar surface area (TPSA) is 23.5 Å². The van der Waals surface area contributed by atoms with E-state index in [2.05, 4.69) is 36.2 Å². The first-order valence-corrected chi connectivity index (χ1v) is 7.16. The van der Waals surface area contributed by atoms with Crippen LogP contribution in [0.1, 0.15) is 44.6 Å². The summed E-state index contributed by atoms with van der Waals surface area (Å²) >= 11 is 0. The van der Waals surface area contributed by atoms with Crippen LogP contribution < -0.4 is 4.90 Å². The van der Waals surface area contributed by atoms with Crippen molar-refractivity contribution in [1.82, 2.24) is 0 Å². The number of hydrogen-bond donors (Lipinski definition) is 1. The minimum absolute atomic E-state index is 0.264. The number of aliphatic hydroxyl groups excluding tert-OH is 1. The number of anilines is 1. The molecule has 1 aromatic rings. The summed E-state index contributed by atoms with van der Waals surface area (Å²) in [6.45, 7) is 1.84. The molecule has 0 radical (unpaired) electrons. The number of hydrogen-bond acceptors (Lipinski definition) is 2. The number of aliphatic hydroxyl groups is 1. The second kappa shape index (κ2) is 6.24. The molecular formula is C16H25NO. The first-order valence-electron chi connectivity index (χ1n) is 7.16. The molecule has 1 N–H and O–H groups in total. The van der Waals surface area contributed by atoms with Gasteiger partial charge in [-0.2, -0.15) is 0 Å². The average molecular weight is 247 g/mol. The van der Waals surface area contributed by atoms with E-state index in [1.165, 1.54) is 43.4 Å². The Morgan fingerprint density at radius 2 is 2.00 bits per heavy atom. The molecule has 1 aliphatic rings. The maximum atomic E-state index is 9.47. The SMILES string of the molecule is CC(O)Cc1cccc(N(C)C2CCCCC2)c1. The molecule has 0 saturated heterocycles. The highest BCUT2D eigenvalue weighted by Gasteiger charge is 2.18. The Morgan fingerprint density at radius 1 is 1.28 bits per heavy atom. The molecule has 1 unspecified atom stereocenters. The van der Waals surface area contributed by atoms with Gasteiger partial charge in [-0.3, -0.25) is 0 Å². The smallest absolute Gasteiger partial charge is 0.0552 e. The predicted octanol–water partition coefficient (Wildman–Crippen LogP) is 3.38. The van der Waals surface area contributed by atoms with Crippen molar-refractivity contribution in [2.75, 3.05) is 11.9 Å². The largest absolute Gasteiger partial charge is 0.393 e. The van der Waals surface area contributed by atoms with Crippen LogP contribution >= 0.6 is 0 Å². The maximum absolute atomic E-state index is 9.47. The lowest BCUT2D eigenvalue weighted by atomic mass is 9.94. The summed E-state index contributed by atoms with van der Waals surface area (Å²) in [7, 11) is 2.21. The standard InChI is InChI=1S/C16H25NO/c1-13(18)11-14-7-6-10-16(12-14)17(2)15-8-4-3-5-9-15/h6-7,10,12-13,15,18H,3-5,8-9,11H2,1-2H3. The summed E-state index contributed by atoms with van der Waals surface area (Å²) in [5.74, 6) is 0. The van der Waals surface area contributed by atoms with Crippen LogP contribution in [0.15, 0.2) is 24.3 Å². The van der Waals surface area contributed by atoms with E-state index in [1.54, 1.807) is 0 Å². The van der Waals surface area contributed by atoms with E-state index in [1.807, 2.05) is 6.92 Å². The van der Waals surface area contributed by atoms with Crippen LogP contribution in [0, 0.1) is 0 Å². The van der Waals surface area contributed by atoms with Gasteiger partial charge in [-0.25, -0.2) is 0 Å². The third-order valence-corrected chi connectivity index (χ3v) is 3.97. The van der Waals surface area contributed by atoms with E-state index in [4.69, 9.17) is 0 Å². The fourth-order valence-electron chi connectivity index (χ4n) is 2.92. The van der Waals surface area contributed by atoms with Gasteiger partial charge in [-0.1, -0.05) is 31.4 Å². The second-order valence-corrected chi connectivity index (χ2v) is 5.63. The Hall–Kier alpha value is -1.02. The van der Waals surface area contributed by atoms with E-state index in [9.17, 15) is 5.11 Å². The number of benzene rings is 1. The molecule has 0 aromatic heterocycles. The zero-order valence-corrected chi connectivity index (χ0v) is 11.6. The maximum Gasteiger partial charge on any atom is 0.0552 e. The van der Waals surface area contributed by atoms with Gasteiger partial charge < -0.3 is 10.0 Å². The van der Waals surface area contributed by atoms with Crippen molar-refractivity contribution in [3.05, 3.63) is 29.8 Å². The first-order chi connectivity index (χ1) is 8.66. The van der Waals surface area contributed by atoms with Crippen LogP contribution in [0.5, 0.6) is 0 Å². The molecule has 1 aromatic carbocycles.